The third-order valence-corrected chi connectivity index (χ3v) is 5.47. The average molecular weight is 432 g/mol. The molecule has 2 aromatic rings. The van der Waals surface area contributed by atoms with E-state index >= 15 is 0 Å². The second-order valence-electron chi connectivity index (χ2n) is 7.57. The van der Waals surface area contributed by atoms with Gasteiger partial charge in [-0.25, -0.2) is 9.78 Å². The van der Waals surface area contributed by atoms with Crippen molar-refractivity contribution in [1.29, 1.82) is 0 Å². The van der Waals surface area contributed by atoms with Crippen molar-refractivity contribution >= 4 is 23.5 Å². The van der Waals surface area contributed by atoms with Crippen molar-refractivity contribution in [1.82, 2.24) is 14.9 Å². The number of ether oxygens (including phenoxy) is 1. The molecule has 0 atom stereocenters. The number of carbonyl (C=O) groups excluding carboxylic acids is 1. The molecule has 2 amide bonds. The molecule has 0 bridgehead atoms. The number of halogens is 2. The van der Waals surface area contributed by atoms with Gasteiger partial charge in [0.2, 0.25) is 5.95 Å². The lowest BCUT2D eigenvalue weighted by atomic mass is 10.1. The Morgan fingerprint density at radius 3 is 2.52 bits per heavy atom. The van der Waals surface area contributed by atoms with Gasteiger partial charge in [-0.3, -0.25) is 0 Å². The van der Waals surface area contributed by atoms with E-state index in [1.807, 2.05) is 6.07 Å². The van der Waals surface area contributed by atoms with E-state index in [0.717, 1.165) is 24.9 Å². The molecule has 3 heterocycles. The summed E-state index contributed by atoms with van der Waals surface area (Å²) in [5.74, 6) is 1.64. The second kappa shape index (κ2) is 9.76. The number of amides is 2. The zero-order valence-corrected chi connectivity index (χ0v) is 17.2. The van der Waals surface area contributed by atoms with Crippen molar-refractivity contribution in [2.45, 2.75) is 25.9 Å². The molecular weight excluding hydrogens is 406 g/mol. The Balaban J connectivity index is 1.32. The van der Waals surface area contributed by atoms with Crippen molar-refractivity contribution in [2.75, 3.05) is 54.4 Å². The van der Waals surface area contributed by atoms with E-state index < -0.39 is 6.61 Å². The second-order valence-corrected chi connectivity index (χ2v) is 7.57. The van der Waals surface area contributed by atoms with Crippen molar-refractivity contribution < 1.29 is 18.3 Å². The first-order valence-electron chi connectivity index (χ1n) is 10.5. The summed E-state index contributed by atoms with van der Waals surface area (Å²) in [5.41, 5.74) is 0.410. The number of urea groups is 1. The van der Waals surface area contributed by atoms with Crippen molar-refractivity contribution in [3.05, 3.63) is 36.5 Å². The molecule has 0 saturated carbocycles. The van der Waals surface area contributed by atoms with Crippen LogP contribution in [0.5, 0.6) is 5.75 Å². The number of alkyl halides is 2. The van der Waals surface area contributed by atoms with Gasteiger partial charge >= 0.3 is 12.6 Å². The summed E-state index contributed by atoms with van der Waals surface area (Å²) in [6.45, 7) is 1.43. The molecule has 1 N–H and O–H groups in total. The van der Waals surface area contributed by atoms with Crippen molar-refractivity contribution in [3.63, 3.8) is 0 Å². The smallest absolute Gasteiger partial charge is 0.387 e. The third kappa shape index (κ3) is 5.50. The number of hydrogen-bond acceptors (Lipinski definition) is 6. The van der Waals surface area contributed by atoms with Crippen LogP contribution in [-0.4, -0.2) is 66.8 Å². The van der Waals surface area contributed by atoms with E-state index in [-0.39, 0.29) is 11.8 Å². The summed E-state index contributed by atoms with van der Waals surface area (Å²) < 4.78 is 29.1. The number of carbonyl (C=O) groups is 1. The first-order chi connectivity index (χ1) is 15.1. The number of piperidine rings is 1. The van der Waals surface area contributed by atoms with Crippen LogP contribution < -0.4 is 19.9 Å². The molecule has 31 heavy (non-hydrogen) atoms. The first kappa shape index (κ1) is 21.1. The van der Waals surface area contributed by atoms with Gasteiger partial charge in [0.05, 0.1) is 0 Å². The number of anilines is 3. The van der Waals surface area contributed by atoms with Crippen LogP contribution in [0.25, 0.3) is 0 Å². The number of rotatable bonds is 5. The van der Waals surface area contributed by atoms with Crippen LogP contribution in [0.4, 0.5) is 31.0 Å². The zero-order chi connectivity index (χ0) is 21.6. The molecule has 0 aliphatic carbocycles. The predicted octanol–water partition coefficient (Wildman–Crippen LogP) is 3.42. The summed E-state index contributed by atoms with van der Waals surface area (Å²) in [6, 6.07) is 7.61. The SMILES string of the molecule is O=C(Nc1cccc(OC(F)F)c1)N1CCN(c2ccnc(N3CCCCC3)n2)CC1. The van der Waals surface area contributed by atoms with Gasteiger partial charge in [0.15, 0.2) is 0 Å². The van der Waals surface area contributed by atoms with Gasteiger partial charge in [-0.15, -0.1) is 0 Å². The van der Waals surface area contributed by atoms with Gasteiger partial charge in [0.25, 0.3) is 0 Å². The Kier molecular flexibility index (Phi) is 6.63. The number of nitrogens with one attached hydrogen (secondary N) is 1. The summed E-state index contributed by atoms with van der Waals surface area (Å²) in [6.07, 6.45) is 5.38. The third-order valence-electron chi connectivity index (χ3n) is 5.47. The highest BCUT2D eigenvalue weighted by Gasteiger charge is 2.23. The van der Waals surface area contributed by atoms with E-state index in [1.54, 1.807) is 23.2 Å². The molecule has 2 fully saturated rings. The van der Waals surface area contributed by atoms with E-state index in [9.17, 15) is 13.6 Å². The Hall–Kier alpha value is -3.17. The minimum absolute atomic E-state index is 0.00545. The largest absolute Gasteiger partial charge is 0.435 e. The van der Waals surface area contributed by atoms with Crippen molar-refractivity contribution in [3.8, 4) is 5.75 Å². The predicted molar refractivity (Wildman–Crippen MR) is 114 cm³/mol. The fraction of sp³-hybridized carbons (Fsp3) is 0.476. The fourth-order valence-corrected chi connectivity index (χ4v) is 3.85. The van der Waals surface area contributed by atoms with Gasteiger partial charge < -0.3 is 24.8 Å². The number of nitrogens with zero attached hydrogens (tertiary/aromatic N) is 5. The number of aromatic nitrogens is 2. The van der Waals surface area contributed by atoms with Gasteiger partial charge in [-0.1, -0.05) is 6.07 Å². The Bertz CT molecular complexity index is 886. The van der Waals surface area contributed by atoms with Crippen LogP contribution in [0.1, 0.15) is 19.3 Å². The molecule has 0 spiro atoms. The molecule has 2 saturated heterocycles. The van der Waals surface area contributed by atoms with Crippen LogP contribution in [0.2, 0.25) is 0 Å². The summed E-state index contributed by atoms with van der Waals surface area (Å²) in [4.78, 5) is 27.8. The van der Waals surface area contributed by atoms with Crippen LogP contribution in [0.3, 0.4) is 0 Å². The van der Waals surface area contributed by atoms with Gasteiger partial charge in [0, 0.05) is 57.2 Å². The number of hydrogen-bond donors (Lipinski definition) is 1. The van der Waals surface area contributed by atoms with Gasteiger partial charge in [-0.2, -0.15) is 13.8 Å². The molecule has 2 aliphatic heterocycles. The maximum atomic E-state index is 12.6. The molecule has 0 radical (unpaired) electrons. The standard InChI is InChI=1S/C21H26F2N6O2/c22-19(23)31-17-6-4-5-16(15-17)25-21(30)29-13-11-27(12-14-29)18-7-8-24-20(26-18)28-9-2-1-3-10-28/h4-8,15,19H,1-3,9-14H2,(H,25,30). The molecule has 8 nitrogen and oxygen atoms in total. The monoisotopic (exact) mass is 432 g/mol. The van der Waals surface area contributed by atoms with E-state index in [2.05, 4.69) is 24.8 Å². The fourth-order valence-electron chi connectivity index (χ4n) is 3.85. The maximum Gasteiger partial charge on any atom is 0.387 e. The number of piperazine rings is 1. The molecule has 2 aliphatic rings. The summed E-state index contributed by atoms with van der Waals surface area (Å²) in [7, 11) is 0. The van der Waals surface area contributed by atoms with Crippen LogP contribution in [-0.2, 0) is 0 Å². The molecule has 4 rings (SSSR count). The molecule has 10 heteroatoms. The van der Waals surface area contributed by atoms with Gasteiger partial charge in [0.1, 0.15) is 11.6 Å². The van der Waals surface area contributed by atoms with Crippen LogP contribution in [0.15, 0.2) is 36.5 Å². The lowest BCUT2D eigenvalue weighted by molar-refractivity contribution is -0.0498. The molecule has 166 valence electrons. The summed E-state index contributed by atoms with van der Waals surface area (Å²) in [5, 5.41) is 2.74. The molecular formula is C21H26F2N6O2. The van der Waals surface area contributed by atoms with E-state index in [0.29, 0.717) is 31.9 Å². The van der Waals surface area contributed by atoms with Gasteiger partial charge in [-0.05, 0) is 37.5 Å². The molecule has 0 unspecified atom stereocenters. The maximum absolute atomic E-state index is 12.6. The van der Waals surface area contributed by atoms with Crippen LogP contribution >= 0.6 is 0 Å². The van der Waals surface area contributed by atoms with E-state index in [1.165, 1.54) is 31.4 Å². The van der Waals surface area contributed by atoms with Crippen molar-refractivity contribution in [2.24, 2.45) is 0 Å². The normalized spacial score (nSPS) is 17.1. The lowest BCUT2D eigenvalue weighted by Gasteiger charge is -2.35. The average Bonchev–Trinajstić information content (AvgIpc) is 2.80. The Morgan fingerprint density at radius 2 is 1.77 bits per heavy atom. The lowest BCUT2D eigenvalue weighted by Crippen LogP contribution is -2.50. The highest BCUT2D eigenvalue weighted by Crippen LogP contribution is 2.22. The summed E-state index contributed by atoms with van der Waals surface area (Å²) >= 11 is 0. The Morgan fingerprint density at radius 1 is 1.00 bits per heavy atom. The first-order valence-corrected chi connectivity index (χ1v) is 10.5. The molecule has 1 aromatic carbocycles. The quantitative estimate of drug-likeness (QED) is 0.781. The highest BCUT2D eigenvalue weighted by molar-refractivity contribution is 5.89. The van der Waals surface area contributed by atoms with E-state index in [4.69, 9.17) is 4.98 Å². The minimum atomic E-state index is -2.91. The van der Waals surface area contributed by atoms with Crippen LogP contribution in [0, 0.1) is 0 Å². The topological polar surface area (TPSA) is 73.8 Å². The highest BCUT2D eigenvalue weighted by atomic mass is 19.3. The zero-order valence-electron chi connectivity index (χ0n) is 17.2. The Labute approximate surface area is 179 Å². The number of benzene rings is 1. The molecule has 1 aromatic heterocycles. The minimum Gasteiger partial charge on any atom is -0.435 e.